The Balaban J connectivity index is 1.74. The van der Waals surface area contributed by atoms with Crippen LogP contribution in [0.1, 0.15) is 13.3 Å². The molecule has 0 amide bonds. The Morgan fingerprint density at radius 3 is 2.73 bits per heavy atom. The van der Waals surface area contributed by atoms with Crippen LogP contribution in [0.3, 0.4) is 0 Å². The number of hydrogen-bond donors (Lipinski definition) is 0. The highest BCUT2D eigenvalue weighted by Crippen LogP contribution is 2.13. The fourth-order valence-corrected chi connectivity index (χ4v) is 3.06. The molecular weight excluding hydrogens is 298 g/mol. The summed E-state index contributed by atoms with van der Waals surface area (Å²) >= 11 is 1.93. The molecular formula is C17H27NO3S. The number of hydrogen-bond acceptors (Lipinski definition) is 5. The maximum atomic E-state index is 6.07. The van der Waals surface area contributed by atoms with Crippen molar-refractivity contribution in [2.75, 3.05) is 51.1 Å². The van der Waals surface area contributed by atoms with E-state index in [1.165, 1.54) is 12.2 Å². The van der Waals surface area contributed by atoms with Crippen molar-refractivity contribution in [2.45, 2.75) is 19.4 Å². The van der Waals surface area contributed by atoms with E-state index in [9.17, 15) is 0 Å². The summed E-state index contributed by atoms with van der Waals surface area (Å²) in [5, 5.41) is 0. The smallest absolute Gasteiger partial charge is 0.119 e. The lowest BCUT2D eigenvalue weighted by Gasteiger charge is -2.28. The predicted octanol–water partition coefficient (Wildman–Crippen LogP) is 2.88. The SMILES string of the molecule is CCCSCC(COc1ccccc1)OCN1CCOCC1. The van der Waals surface area contributed by atoms with Crippen LogP contribution < -0.4 is 4.74 Å². The van der Waals surface area contributed by atoms with Gasteiger partial charge in [-0.25, -0.2) is 0 Å². The summed E-state index contributed by atoms with van der Waals surface area (Å²) in [6, 6.07) is 9.95. The van der Waals surface area contributed by atoms with Crippen LogP contribution in [0, 0.1) is 0 Å². The number of para-hydroxylation sites is 1. The molecule has 1 fully saturated rings. The van der Waals surface area contributed by atoms with Gasteiger partial charge in [-0.3, -0.25) is 4.90 Å². The average molecular weight is 325 g/mol. The van der Waals surface area contributed by atoms with Crippen LogP contribution >= 0.6 is 11.8 Å². The third-order valence-corrected chi connectivity index (χ3v) is 4.73. The number of morpholine rings is 1. The van der Waals surface area contributed by atoms with Crippen molar-refractivity contribution in [2.24, 2.45) is 0 Å². The van der Waals surface area contributed by atoms with Crippen LogP contribution in [-0.4, -0.2) is 62.2 Å². The molecule has 1 aliphatic rings. The van der Waals surface area contributed by atoms with Crippen molar-refractivity contribution in [3.05, 3.63) is 30.3 Å². The molecule has 124 valence electrons. The van der Waals surface area contributed by atoms with Crippen LogP contribution in [0.2, 0.25) is 0 Å². The van der Waals surface area contributed by atoms with E-state index in [0.29, 0.717) is 13.3 Å². The van der Waals surface area contributed by atoms with Gasteiger partial charge in [-0.05, 0) is 24.3 Å². The van der Waals surface area contributed by atoms with E-state index in [2.05, 4.69) is 11.8 Å². The van der Waals surface area contributed by atoms with Crippen molar-refractivity contribution in [1.82, 2.24) is 4.90 Å². The summed E-state index contributed by atoms with van der Waals surface area (Å²) in [5.41, 5.74) is 0. The van der Waals surface area contributed by atoms with Gasteiger partial charge < -0.3 is 14.2 Å². The Morgan fingerprint density at radius 2 is 2.00 bits per heavy atom. The molecule has 0 spiro atoms. The van der Waals surface area contributed by atoms with Crippen LogP contribution in [0.25, 0.3) is 0 Å². The molecule has 1 aliphatic heterocycles. The summed E-state index contributed by atoms with van der Waals surface area (Å²) < 4.78 is 17.3. The third-order valence-electron chi connectivity index (χ3n) is 3.43. The molecule has 0 radical (unpaired) electrons. The molecule has 2 rings (SSSR count). The Kier molecular flexibility index (Phi) is 8.71. The molecule has 0 bridgehead atoms. The lowest BCUT2D eigenvalue weighted by molar-refractivity contribution is -0.0636. The largest absolute Gasteiger partial charge is 0.491 e. The third kappa shape index (κ3) is 7.01. The number of nitrogens with zero attached hydrogens (tertiary/aromatic N) is 1. The lowest BCUT2D eigenvalue weighted by Crippen LogP contribution is -2.40. The van der Waals surface area contributed by atoms with Crippen LogP contribution in [0.5, 0.6) is 5.75 Å². The van der Waals surface area contributed by atoms with E-state index >= 15 is 0 Å². The number of thioether (sulfide) groups is 1. The second-order valence-electron chi connectivity index (χ2n) is 5.35. The van der Waals surface area contributed by atoms with Crippen molar-refractivity contribution in [3.63, 3.8) is 0 Å². The first-order valence-electron chi connectivity index (χ1n) is 8.05. The molecule has 1 aromatic rings. The minimum atomic E-state index is 0.125. The van der Waals surface area contributed by atoms with E-state index in [4.69, 9.17) is 14.2 Å². The van der Waals surface area contributed by atoms with E-state index in [1.807, 2.05) is 42.1 Å². The molecule has 4 nitrogen and oxygen atoms in total. The second-order valence-corrected chi connectivity index (χ2v) is 6.50. The van der Waals surface area contributed by atoms with Crippen molar-refractivity contribution in [3.8, 4) is 5.75 Å². The maximum absolute atomic E-state index is 6.07. The van der Waals surface area contributed by atoms with Gasteiger partial charge in [0.1, 0.15) is 18.5 Å². The van der Waals surface area contributed by atoms with Gasteiger partial charge in [-0.15, -0.1) is 0 Å². The zero-order valence-corrected chi connectivity index (χ0v) is 14.2. The number of rotatable bonds is 10. The molecule has 0 saturated carbocycles. The lowest BCUT2D eigenvalue weighted by atomic mass is 10.3. The highest BCUT2D eigenvalue weighted by atomic mass is 32.2. The summed E-state index contributed by atoms with van der Waals surface area (Å²) in [6.07, 6.45) is 1.32. The monoisotopic (exact) mass is 325 g/mol. The first kappa shape index (κ1) is 17.6. The van der Waals surface area contributed by atoms with E-state index < -0.39 is 0 Å². The Morgan fingerprint density at radius 1 is 1.23 bits per heavy atom. The molecule has 0 aliphatic carbocycles. The van der Waals surface area contributed by atoms with Gasteiger partial charge in [-0.1, -0.05) is 25.1 Å². The van der Waals surface area contributed by atoms with Gasteiger partial charge in [0.2, 0.25) is 0 Å². The summed E-state index contributed by atoms with van der Waals surface area (Å²) in [4.78, 5) is 2.30. The fraction of sp³-hybridized carbons (Fsp3) is 0.647. The summed E-state index contributed by atoms with van der Waals surface area (Å²) in [5.74, 6) is 3.05. The van der Waals surface area contributed by atoms with Gasteiger partial charge >= 0.3 is 0 Å². The van der Waals surface area contributed by atoms with Crippen molar-refractivity contribution in [1.29, 1.82) is 0 Å². The molecule has 22 heavy (non-hydrogen) atoms. The average Bonchev–Trinajstić information content (AvgIpc) is 2.59. The molecule has 1 unspecified atom stereocenters. The zero-order valence-electron chi connectivity index (χ0n) is 13.4. The minimum absolute atomic E-state index is 0.125. The molecule has 5 heteroatoms. The summed E-state index contributed by atoms with van der Waals surface area (Å²) in [6.45, 7) is 6.99. The Hall–Kier alpha value is -0.750. The van der Waals surface area contributed by atoms with Crippen LogP contribution in [0.4, 0.5) is 0 Å². The fourth-order valence-electron chi connectivity index (χ4n) is 2.15. The quantitative estimate of drug-likeness (QED) is 0.617. The highest BCUT2D eigenvalue weighted by Gasteiger charge is 2.15. The Labute approximate surface area is 138 Å². The molecule has 1 saturated heterocycles. The first-order valence-corrected chi connectivity index (χ1v) is 9.21. The van der Waals surface area contributed by atoms with Crippen LogP contribution in [0.15, 0.2) is 30.3 Å². The van der Waals surface area contributed by atoms with Crippen molar-refractivity contribution >= 4 is 11.8 Å². The van der Waals surface area contributed by atoms with Crippen LogP contribution in [-0.2, 0) is 9.47 Å². The molecule has 0 aromatic heterocycles. The van der Waals surface area contributed by atoms with Gasteiger partial charge in [0.25, 0.3) is 0 Å². The topological polar surface area (TPSA) is 30.9 Å². The molecule has 0 N–H and O–H groups in total. The van der Waals surface area contributed by atoms with Gasteiger partial charge in [0.15, 0.2) is 0 Å². The van der Waals surface area contributed by atoms with Gasteiger partial charge in [-0.2, -0.15) is 11.8 Å². The van der Waals surface area contributed by atoms with E-state index in [-0.39, 0.29) is 6.10 Å². The van der Waals surface area contributed by atoms with Gasteiger partial charge in [0, 0.05) is 18.8 Å². The van der Waals surface area contributed by atoms with Gasteiger partial charge in [0.05, 0.1) is 19.9 Å². The maximum Gasteiger partial charge on any atom is 0.119 e. The normalized spacial score (nSPS) is 17.3. The number of ether oxygens (including phenoxy) is 3. The molecule has 1 aromatic carbocycles. The zero-order chi connectivity index (χ0) is 15.5. The first-order chi connectivity index (χ1) is 10.9. The second kappa shape index (κ2) is 10.9. The molecule has 1 atom stereocenters. The van der Waals surface area contributed by atoms with Crippen molar-refractivity contribution < 1.29 is 14.2 Å². The van der Waals surface area contributed by atoms with E-state index in [1.54, 1.807) is 0 Å². The highest BCUT2D eigenvalue weighted by molar-refractivity contribution is 7.99. The standard InChI is InChI=1S/C17H27NO3S/c1-2-12-22-14-17(13-20-16-6-4-3-5-7-16)21-15-18-8-10-19-11-9-18/h3-7,17H,2,8-15H2,1H3. The van der Waals surface area contributed by atoms with E-state index in [0.717, 1.165) is 37.8 Å². The number of benzene rings is 1. The Bertz CT molecular complexity index is 385. The summed E-state index contributed by atoms with van der Waals surface area (Å²) in [7, 11) is 0. The predicted molar refractivity (Wildman–Crippen MR) is 91.7 cm³/mol. The molecule has 1 heterocycles. The minimum Gasteiger partial charge on any atom is -0.491 e.